The second kappa shape index (κ2) is 3.94. The van der Waals surface area contributed by atoms with Crippen molar-refractivity contribution in [2.45, 2.75) is 32.1 Å². The van der Waals surface area contributed by atoms with Crippen LogP contribution in [0, 0.1) is 11.3 Å². The molecule has 1 aliphatic rings. The molecule has 2 heteroatoms. The molecule has 2 rings (SSSR count). The lowest BCUT2D eigenvalue weighted by molar-refractivity contribution is 0.280. The average Bonchev–Trinajstić information content (AvgIpc) is 2.27. The largest absolute Gasteiger partial charge is 0.493 e. The van der Waals surface area contributed by atoms with E-state index in [2.05, 4.69) is 32.0 Å². The summed E-state index contributed by atoms with van der Waals surface area (Å²) < 4.78 is 5.54. The first-order valence-corrected chi connectivity index (χ1v) is 5.38. The summed E-state index contributed by atoms with van der Waals surface area (Å²) in [6, 6.07) is 8.55. The molecule has 0 fully saturated rings. The van der Waals surface area contributed by atoms with E-state index in [0.717, 1.165) is 17.7 Å². The molecule has 1 aromatic carbocycles. The average molecular weight is 201 g/mol. The van der Waals surface area contributed by atoms with Crippen molar-refractivity contribution in [3.05, 3.63) is 29.3 Å². The molecule has 0 N–H and O–H groups in total. The van der Waals surface area contributed by atoms with Gasteiger partial charge in [0.05, 0.1) is 18.6 Å². The van der Waals surface area contributed by atoms with Gasteiger partial charge in [0.25, 0.3) is 0 Å². The molecule has 2 nitrogen and oxygen atoms in total. The lowest BCUT2D eigenvalue weighted by Crippen LogP contribution is -2.13. The molecule has 78 valence electrons. The molecule has 0 bridgehead atoms. The third-order valence-corrected chi connectivity index (χ3v) is 2.90. The zero-order chi connectivity index (χ0) is 10.8. The summed E-state index contributed by atoms with van der Waals surface area (Å²) >= 11 is 0. The molecule has 1 aliphatic heterocycles. The van der Waals surface area contributed by atoms with Crippen LogP contribution in [0.15, 0.2) is 18.2 Å². The molecular formula is C13H15NO. The number of rotatable bonds is 1. The number of ether oxygens (including phenoxy) is 1. The van der Waals surface area contributed by atoms with Gasteiger partial charge in [0, 0.05) is 12.0 Å². The van der Waals surface area contributed by atoms with E-state index in [-0.39, 0.29) is 5.92 Å². The highest BCUT2D eigenvalue weighted by Crippen LogP contribution is 2.35. The number of fused-ring (bicyclic) bond motifs is 1. The molecule has 0 saturated carbocycles. The first-order valence-electron chi connectivity index (χ1n) is 5.38. The Labute approximate surface area is 90.5 Å². The fraction of sp³-hybridized carbons (Fsp3) is 0.462. The van der Waals surface area contributed by atoms with Gasteiger partial charge in [-0.15, -0.1) is 0 Å². The quantitative estimate of drug-likeness (QED) is 0.699. The summed E-state index contributed by atoms with van der Waals surface area (Å²) in [5.74, 6) is 1.39. The van der Waals surface area contributed by atoms with Gasteiger partial charge in [-0.25, -0.2) is 0 Å². The van der Waals surface area contributed by atoms with Crippen LogP contribution in [0.4, 0.5) is 0 Å². The van der Waals surface area contributed by atoms with Crippen molar-refractivity contribution in [3.63, 3.8) is 0 Å². The SMILES string of the molecule is CC(C)c1ccc2c(c1)C(C#N)CCO2. The van der Waals surface area contributed by atoms with Gasteiger partial charge in [0.2, 0.25) is 0 Å². The van der Waals surface area contributed by atoms with Crippen LogP contribution in [0.1, 0.15) is 43.2 Å². The smallest absolute Gasteiger partial charge is 0.123 e. The van der Waals surface area contributed by atoms with E-state index in [0.29, 0.717) is 12.5 Å². The second-order valence-corrected chi connectivity index (χ2v) is 4.27. The maximum absolute atomic E-state index is 9.06. The first-order chi connectivity index (χ1) is 7.22. The Morgan fingerprint density at radius 1 is 1.47 bits per heavy atom. The summed E-state index contributed by atoms with van der Waals surface area (Å²) in [7, 11) is 0. The molecule has 1 atom stereocenters. The topological polar surface area (TPSA) is 33.0 Å². The minimum absolute atomic E-state index is 0.00690. The van der Waals surface area contributed by atoms with Gasteiger partial charge in [0.1, 0.15) is 5.75 Å². The number of benzene rings is 1. The Morgan fingerprint density at radius 3 is 2.93 bits per heavy atom. The molecule has 0 aromatic heterocycles. The Hall–Kier alpha value is -1.49. The summed E-state index contributed by atoms with van der Waals surface area (Å²) in [5, 5.41) is 9.06. The Balaban J connectivity index is 2.44. The van der Waals surface area contributed by atoms with Crippen LogP contribution in [0.25, 0.3) is 0 Å². The van der Waals surface area contributed by atoms with E-state index in [4.69, 9.17) is 10.00 Å². The Kier molecular flexibility index (Phi) is 2.64. The molecule has 1 unspecified atom stereocenters. The van der Waals surface area contributed by atoms with Crippen LogP contribution in [0.2, 0.25) is 0 Å². The van der Waals surface area contributed by atoms with E-state index in [9.17, 15) is 0 Å². The van der Waals surface area contributed by atoms with Crippen molar-refractivity contribution in [1.29, 1.82) is 5.26 Å². The van der Waals surface area contributed by atoms with Crippen LogP contribution < -0.4 is 4.74 Å². The standard InChI is InChI=1S/C13H15NO/c1-9(2)10-3-4-13-12(7-10)11(8-14)5-6-15-13/h3-4,7,9,11H,5-6H2,1-2H3. The number of hydrogen-bond donors (Lipinski definition) is 0. The molecule has 0 radical (unpaired) electrons. The van der Waals surface area contributed by atoms with Crippen LogP contribution in [0.3, 0.4) is 0 Å². The van der Waals surface area contributed by atoms with E-state index in [1.54, 1.807) is 0 Å². The molecule has 1 heterocycles. The maximum atomic E-state index is 9.06. The van der Waals surface area contributed by atoms with Gasteiger partial charge < -0.3 is 4.74 Å². The van der Waals surface area contributed by atoms with E-state index >= 15 is 0 Å². The number of nitriles is 1. The fourth-order valence-corrected chi connectivity index (χ4v) is 1.91. The van der Waals surface area contributed by atoms with Gasteiger partial charge in [-0.1, -0.05) is 26.0 Å². The molecule has 0 spiro atoms. The van der Waals surface area contributed by atoms with Gasteiger partial charge in [0.15, 0.2) is 0 Å². The lowest BCUT2D eigenvalue weighted by atomic mass is 9.90. The molecule has 0 amide bonds. The van der Waals surface area contributed by atoms with Crippen LogP contribution >= 0.6 is 0 Å². The van der Waals surface area contributed by atoms with Crippen molar-refractivity contribution in [2.75, 3.05) is 6.61 Å². The second-order valence-electron chi connectivity index (χ2n) is 4.27. The molecule has 0 aliphatic carbocycles. The lowest BCUT2D eigenvalue weighted by Gasteiger charge is -2.22. The summed E-state index contributed by atoms with van der Waals surface area (Å²) in [6.45, 7) is 4.98. The first kappa shape index (κ1) is 10.0. The Morgan fingerprint density at radius 2 is 2.27 bits per heavy atom. The van der Waals surface area contributed by atoms with Crippen molar-refractivity contribution in [3.8, 4) is 11.8 Å². The minimum atomic E-state index is 0.00690. The predicted octanol–water partition coefficient (Wildman–Crippen LogP) is 3.20. The maximum Gasteiger partial charge on any atom is 0.123 e. The molecule has 0 saturated heterocycles. The zero-order valence-corrected chi connectivity index (χ0v) is 9.16. The molecule has 1 aromatic rings. The third kappa shape index (κ3) is 1.83. The predicted molar refractivity (Wildman–Crippen MR) is 59.0 cm³/mol. The molecule has 15 heavy (non-hydrogen) atoms. The van der Waals surface area contributed by atoms with Crippen molar-refractivity contribution >= 4 is 0 Å². The summed E-state index contributed by atoms with van der Waals surface area (Å²) in [5.41, 5.74) is 2.34. The zero-order valence-electron chi connectivity index (χ0n) is 9.16. The number of hydrogen-bond acceptors (Lipinski definition) is 2. The fourth-order valence-electron chi connectivity index (χ4n) is 1.91. The van der Waals surface area contributed by atoms with Crippen molar-refractivity contribution in [1.82, 2.24) is 0 Å². The highest BCUT2D eigenvalue weighted by Gasteiger charge is 2.21. The number of nitrogens with zero attached hydrogens (tertiary/aromatic N) is 1. The van der Waals surface area contributed by atoms with Crippen molar-refractivity contribution in [2.24, 2.45) is 0 Å². The van der Waals surface area contributed by atoms with Crippen molar-refractivity contribution < 1.29 is 4.74 Å². The normalized spacial score (nSPS) is 19.2. The highest BCUT2D eigenvalue weighted by atomic mass is 16.5. The van der Waals surface area contributed by atoms with Crippen LogP contribution in [-0.4, -0.2) is 6.61 Å². The summed E-state index contributed by atoms with van der Waals surface area (Å²) in [6.07, 6.45) is 0.811. The van der Waals surface area contributed by atoms with Crippen LogP contribution in [0.5, 0.6) is 5.75 Å². The van der Waals surface area contributed by atoms with Crippen LogP contribution in [-0.2, 0) is 0 Å². The minimum Gasteiger partial charge on any atom is -0.493 e. The Bertz CT molecular complexity index is 403. The molecular weight excluding hydrogens is 186 g/mol. The third-order valence-electron chi connectivity index (χ3n) is 2.90. The monoisotopic (exact) mass is 201 g/mol. The van der Waals surface area contributed by atoms with Gasteiger partial charge in [-0.05, 0) is 17.5 Å². The van der Waals surface area contributed by atoms with E-state index < -0.39 is 0 Å². The highest BCUT2D eigenvalue weighted by molar-refractivity contribution is 5.44. The van der Waals surface area contributed by atoms with Gasteiger partial charge >= 0.3 is 0 Å². The van der Waals surface area contributed by atoms with E-state index in [1.807, 2.05) is 6.07 Å². The summed E-state index contributed by atoms with van der Waals surface area (Å²) in [4.78, 5) is 0. The van der Waals surface area contributed by atoms with Gasteiger partial charge in [-0.2, -0.15) is 5.26 Å². The van der Waals surface area contributed by atoms with E-state index in [1.165, 1.54) is 5.56 Å². The van der Waals surface area contributed by atoms with Gasteiger partial charge in [-0.3, -0.25) is 0 Å².